The van der Waals surface area contributed by atoms with E-state index in [1.165, 1.54) is 37.8 Å². The van der Waals surface area contributed by atoms with E-state index in [2.05, 4.69) is 49.1 Å². The Morgan fingerprint density at radius 3 is 2.96 bits per heavy atom. The van der Waals surface area contributed by atoms with Crippen molar-refractivity contribution in [1.82, 2.24) is 4.90 Å². The van der Waals surface area contributed by atoms with Crippen LogP contribution in [0.2, 0.25) is 0 Å². The van der Waals surface area contributed by atoms with Crippen LogP contribution in [-0.4, -0.2) is 29.6 Å². The molecule has 1 spiro atoms. The maximum Gasteiger partial charge on any atom is 0.101 e. The number of nitrogens with zero attached hydrogens (tertiary/aromatic N) is 1. The van der Waals surface area contributed by atoms with Crippen LogP contribution in [0.5, 0.6) is 5.75 Å². The minimum Gasteiger partial charge on any atom is -0.515 e. The molecular formula is C22H26NOY-. The maximum absolute atomic E-state index is 6.52. The molecule has 25 heavy (non-hydrogen) atoms. The van der Waals surface area contributed by atoms with Crippen LogP contribution in [0.3, 0.4) is 0 Å². The van der Waals surface area contributed by atoms with Crippen molar-refractivity contribution in [3.8, 4) is 5.75 Å². The summed E-state index contributed by atoms with van der Waals surface area (Å²) in [5.41, 5.74) is 3.30. The van der Waals surface area contributed by atoms with Crippen molar-refractivity contribution in [3.63, 3.8) is 0 Å². The monoisotopic (exact) mass is 409 g/mol. The van der Waals surface area contributed by atoms with Crippen molar-refractivity contribution in [2.45, 2.75) is 63.1 Å². The zero-order valence-corrected chi connectivity index (χ0v) is 18.1. The van der Waals surface area contributed by atoms with Crippen molar-refractivity contribution >= 4 is 0 Å². The van der Waals surface area contributed by atoms with Crippen molar-refractivity contribution in [3.05, 3.63) is 41.5 Å². The molecule has 2 bridgehead atoms. The van der Waals surface area contributed by atoms with Crippen molar-refractivity contribution in [2.75, 3.05) is 6.54 Å². The van der Waals surface area contributed by atoms with Crippen LogP contribution in [0.1, 0.15) is 44.2 Å². The number of hydrogen-bond donors (Lipinski definition) is 0. The molecule has 1 aromatic rings. The third kappa shape index (κ3) is 2.08. The first-order chi connectivity index (χ1) is 11.7. The van der Waals surface area contributed by atoms with Gasteiger partial charge in [-0.1, -0.05) is 19.1 Å². The fourth-order valence-corrected chi connectivity index (χ4v) is 6.58. The van der Waals surface area contributed by atoms with Crippen LogP contribution in [0.4, 0.5) is 0 Å². The van der Waals surface area contributed by atoms with Gasteiger partial charge in [0, 0.05) is 61.9 Å². The smallest absolute Gasteiger partial charge is 0.101 e. The van der Waals surface area contributed by atoms with Crippen LogP contribution in [0.25, 0.3) is 0 Å². The van der Waals surface area contributed by atoms with E-state index in [4.69, 9.17) is 4.74 Å². The molecule has 1 aromatic carbocycles. The summed E-state index contributed by atoms with van der Waals surface area (Å²) in [5.74, 6) is 3.14. The van der Waals surface area contributed by atoms with E-state index in [1.54, 1.807) is 5.56 Å². The molecule has 6 rings (SSSR count). The van der Waals surface area contributed by atoms with E-state index in [-0.39, 0.29) is 38.1 Å². The molecule has 3 aliphatic carbocycles. The largest absolute Gasteiger partial charge is 0.515 e. The van der Waals surface area contributed by atoms with Gasteiger partial charge in [-0.25, -0.2) is 0 Å². The number of likely N-dealkylation sites (tertiary alicyclic amines) is 1. The average Bonchev–Trinajstić information content (AvgIpc) is 3.37. The van der Waals surface area contributed by atoms with E-state index >= 15 is 0 Å². The van der Waals surface area contributed by atoms with E-state index in [0.29, 0.717) is 24.0 Å². The Morgan fingerprint density at radius 1 is 1.32 bits per heavy atom. The van der Waals surface area contributed by atoms with Crippen LogP contribution in [0, 0.1) is 23.8 Å². The number of piperidine rings is 1. The van der Waals surface area contributed by atoms with Gasteiger partial charge in [0.15, 0.2) is 0 Å². The van der Waals surface area contributed by atoms with Gasteiger partial charge in [-0.2, -0.15) is 12.1 Å². The van der Waals surface area contributed by atoms with Gasteiger partial charge >= 0.3 is 0 Å². The quantitative estimate of drug-likeness (QED) is 0.545. The van der Waals surface area contributed by atoms with E-state index in [1.807, 2.05) is 0 Å². The Bertz CT molecular complexity index is 742. The second-order valence-corrected chi connectivity index (χ2v) is 8.89. The third-order valence-corrected chi connectivity index (χ3v) is 7.84. The minimum absolute atomic E-state index is 0. The van der Waals surface area contributed by atoms with Gasteiger partial charge in [0.2, 0.25) is 0 Å². The summed E-state index contributed by atoms with van der Waals surface area (Å²) < 4.78 is 6.52. The van der Waals surface area contributed by atoms with Gasteiger partial charge in [-0.15, -0.1) is 17.2 Å². The summed E-state index contributed by atoms with van der Waals surface area (Å²) in [4.78, 5) is 2.86. The van der Waals surface area contributed by atoms with Crippen molar-refractivity contribution < 1.29 is 37.4 Å². The number of benzene rings is 1. The maximum atomic E-state index is 6.52. The van der Waals surface area contributed by atoms with Gasteiger partial charge in [-0.05, 0) is 51.0 Å². The van der Waals surface area contributed by atoms with Crippen LogP contribution < -0.4 is 4.74 Å². The molecule has 129 valence electrons. The second kappa shape index (κ2) is 5.66. The summed E-state index contributed by atoms with van der Waals surface area (Å²) in [6.45, 7) is 6.06. The molecule has 6 unspecified atom stereocenters. The molecule has 6 atom stereocenters. The average molecular weight is 409 g/mol. The molecule has 0 N–H and O–H groups in total. The van der Waals surface area contributed by atoms with Crippen LogP contribution in [0.15, 0.2) is 24.3 Å². The second-order valence-electron chi connectivity index (χ2n) is 8.89. The van der Waals surface area contributed by atoms with Gasteiger partial charge in [0.05, 0.1) is 0 Å². The first kappa shape index (κ1) is 17.0. The summed E-state index contributed by atoms with van der Waals surface area (Å²) in [7, 11) is 0. The number of ether oxygens (including phenoxy) is 1. The Kier molecular flexibility index (Phi) is 3.84. The molecule has 0 amide bonds. The molecular weight excluding hydrogens is 383 g/mol. The molecule has 1 radical (unpaired) electrons. The summed E-state index contributed by atoms with van der Waals surface area (Å²) in [5, 5.41) is 0. The molecule has 2 aliphatic heterocycles. The summed E-state index contributed by atoms with van der Waals surface area (Å²) in [6, 6.07) is 9.23. The third-order valence-electron chi connectivity index (χ3n) is 7.84. The Morgan fingerprint density at radius 2 is 2.16 bits per heavy atom. The zero-order valence-electron chi connectivity index (χ0n) is 15.2. The first-order valence-corrected chi connectivity index (χ1v) is 9.85. The van der Waals surface area contributed by atoms with Crippen molar-refractivity contribution in [2.24, 2.45) is 17.8 Å². The number of hydrogen-bond acceptors (Lipinski definition) is 2. The predicted octanol–water partition coefficient (Wildman–Crippen LogP) is 3.73. The van der Waals surface area contributed by atoms with Crippen molar-refractivity contribution in [1.29, 1.82) is 0 Å². The van der Waals surface area contributed by atoms with E-state index in [9.17, 15) is 0 Å². The SMILES string of the molecule is CC1C=CC2C3Cc4cc[c-]c5c4C2(CCN3C(C)C2CC2)C1O5.[Y]. The Balaban J connectivity index is 0.00000140. The molecule has 1 saturated heterocycles. The van der Waals surface area contributed by atoms with E-state index < -0.39 is 0 Å². The zero-order chi connectivity index (χ0) is 16.1. The molecule has 3 heteroatoms. The van der Waals surface area contributed by atoms with Crippen LogP contribution in [-0.2, 0) is 44.5 Å². The normalized spacial score (nSPS) is 41.5. The summed E-state index contributed by atoms with van der Waals surface area (Å²) in [6.07, 6.45) is 10.6. The van der Waals surface area contributed by atoms with Gasteiger partial charge in [0.25, 0.3) is 0 Å². The van der Waals surface area contributed by atoms with Gasteiger partial charge in [0.1, 0.15) is 6.10 Å². The number of rotatable bonds is 2. The molecule has 1 saturated carbocycles. The minimum atomic E-state index is 0. The fourth-order valence-electron chi connectivity index (χ4n) is 6.58. The first-order valence-electron chi connectivity index (χ1n) is 9.85. The fraction of sp³-hybridized carbons (Fsp3) is 0.636. The van der Waals surface area contributed by atoms with Crippen LogP contribution >= 0.6 is 0 Å². The molecule has 0 aromatic heterocycles. The predicted molar refractivity (Wildman–Crippen MR) is 94.2 cm³/mol. The molecule has 2 fully saturated rings. The van der Waals surface area contributed by atoms with Gasteiger partial charge in [-0.3, -0.25) is 4.90 Å². The topological polar surface area (TPSA) is 12.5 Å². The Labute approximate surface area is 176 Å². The molecule has 5 aliphatic rings. The Hall–Kier alpha value is -0.176. The van der Waals surface area contributed by atoms with E-state index in [0.717, 1.165) is 17.7 Å². The van der Waals surface area contributed by atoms with Gasteiger partial charge < -0.3 is 4.74 Å². The standard InChI is InChI=1S/C22H26NO.Y/c1-13-6-9-17-18-12-16-4-3-5-19-20(16)22(17,21(13)24-19)10-11-23(18)14(2)15-7-8-15;/h3-4,6,9,13-15,17-18,21H,7-8,10-12H2,1-2H3;/q-1;. The summed E-state index contributed by atoms with van der Waals surface area (Å²) >= 11 is 0. The molecule has 2 nitrogen and oxygen atoms in total. The molecule has 2 heterocycles.